The molecule has 3 aromatic rings. The number of fused-ring (bicyclic) bond motifs is 1. The molecule has 2 aromatic heterocycles. The molecular weight excluding hydrogens is 464 g/mol. The molecule has 0 aliphatic rings. The number of rotatable bonds is 8. The molecule has 0 aliphatic carbocycles. The van der Waals surface area contributed by atoms with E-state index in [1.54, 1.807) is 31.2 Å². The van der Waals surface area contributed by atoms with Gasteiger partial charge in [-0.2, -0.15) is 9.97 Å². The fraction of sp³-hybridized carbons (Fsp3) is 0.381. The van der Waals surface area contributed by atoms with E-state index in [9.17, 15) is 23.1 Å². The van der Waals surface area contributed by atoms with Gasteiger partial charge < -0.3 is 15.4 Å². The van der Waals surface area contributed by atoms with Crippen molar-refractivity contribution in [2.45, 2.75) is 32.0 Å². The number of ether oxygens (including phenoxy) is 1. The van der Waals surface area contributed by atoms with Crippen molar-refractivity contribution in [3.63, 3.8) is 0 Å². The van der Waals surface area contributed by atoms with Crippen LogP contribution in [0.3, 0.4) is 0 Å². The van der Waals surface area contributed by atoms with Crippen molar-refractivity contribution in [1.29, 1.82) is 0 Å². The monoisotopic (exact) mass is 492 g/mol. The van der Waals surface area contributed by atoms with E-state index in [0.717, 1.165) is 10.1 Å². The lowest BCUT2D eigenvalue weighted by Gasteiger charge is -2.20. The van der Waals surface area contributed by atoms with Gasteiger partial charge in [-0.3, -0.25) is 13.9 Å². The SMILES string of the molecule is CCC[SH](=O)(O)c1nc(N)c2c(n1)n(Cc1ccccc1)c(=O)n2C(=O)N(C)CCOC(C)=O. The van der Waals surface area contributed by atoms with Crippen LogP contribution in [0.1, 0.15) is 25.8 Å². The van der Waals surface area contributed by atoms with Crippen LogP contribution >= 0.6 is 0 Å². The summed E-state index contributed by atoms with van der Waals surface area (Å²) in [5.41, 5.74) is 6.04. The molecule has 1 aromatic carbocycles. The summed E-state index contributed by atoms with van der Waals surface area (Å²) in [7, 11) is -2.48. The molecule has 0 saturated heterocycles. The molecule has 0 radical (unpaired) electrons. The molecule has 3 rings (SSSR count). The standard InChI is InChI=1S/C21H28N6O6S/c1-4-12-34(31,32)19-23-17(22)16-18(24-19)26(13-15-8-6-5-7-9-15)21(30)27(16)20(29)25(3)10-11-33-14(2)28/h5-9,34H,4,10-13H2,1-3H3,(H,31,32)(H2,22,23,24). The van der Waals surface area contributed by atoms with Gasteiger partial charge in [-0.05, 0) is 12.0 Å². The van der Waals surface area contributed by atoms with Crippen LogP contribution < -0.4 is 11.4 Å². The Bertz CT molecular complexity index is 1320. The Balaban J connectivity index is 2.18. The third kappa shape index (κ3) is 5.15. The molecule has 13 heteroatoms. The van der Waals surface area contributed by atoms with Crippen LogP contribution in [-0.4, -0.2) is 70.7 Å². The Morgan fingerprint density at radius 1 is 1.24 bits per heavy atom. The second-order valence-electron chi connectivity index (χ2n) is 7.74. The number of esters is 1. The van der Waals surface area contributed by atoms with Crippen molar-refractivity contribution in [2.75, 3.05) is 31.7 Å². The highest BCUT2D eigenvalue weighted by Gasteiger charge is 2.27. The number of nitrogens with two attached hydrogens (primary N) is 1. The number of thiol groups is 1. The molecule has 2 heterocycles. The van der Waals surface area contributed by atoms with E-state index in [0.29, 0.717) is 6.42 Å². The van der Waals surface area contributed by atoms with Crippen LogP contribution in [0, 0.1) is 0 Å². The molecule has 0 fully saturated rings. The fourth-order valence-electron chi connectivity index (χ4n) is 3.40. The number of amides is 1. The maximum Gasteiger partial charge on any atom is 0.339 e. The van der Waals surface area contributed by atoms with Gasteiger partial charge in [-0.25, -0.2) is 18.4 Å². The number of nitrogen functional groups attached to an aromatic ring is 1. The van der Waals surface area contributed by atoms with Gasteiger partial charge in [0.15, 0.2) is 11.5 Å². The van der Waals surface area contributed by atoms with Crippen LogP contribution in [0.2, 0.25) is 0 Å². The van der Waals surface area contributed by atoms with Crippen LogP contribution in [-0.2, 0) is 26.3 Å². The van der Waals surface area contributed by atoms with E-state index in [-0.39, 0.29) is 47.6 Å². The Morgan fingerprint density at radius 3 is 2.53 bits per heavy atom. The van der Waals surface area contributed by atoms with E-state index in [1.165, 1.54) is 23.4 Å². The minimum Gasteiger partial charge on any atom is -0.464 e. The molecule has 0 bridgehead atoms. The highest BCUT2D eigenvalue weighted by Crippen LogP contribution is 2.23. The molecule has 0 atom stereocenters. The first kappa shape index (κ1) is 25.1. The predicted octanol–water partition coefficient (Wildman–Crippen LogP) is 0.945. The summed E-state index contributed by atoms with van der Waals surface area (Å²) in [5, 5.41) is -0.367. The van der Waals surface area contributed by atoms with Crippen LogP contribution in [0.25, 0.3) is 11.2 Å². The minimum absolute atomic E-state index is 0.0246. The topological polar surface area (TPSA) is 163 Å². The summed E-state index contributed by atoms with van der Waals surface area (Å²) in [6, 6.07) is 8.27. The van der Waals surface area contributed by atoms with Gasteiger partial charge in [-0.1, -0.05) is 37.3 Å². The van der Waals surface area contributed by atoms with Crippen molar-refractivity contribution in [3.05, 3.63) is 46.4 Å². The molecule has 0 saturated carbocycles. The van der Waals surface area contributed by atoms with Gasteiger partial charge in [0.05, 0.1) is 13.1 Å². The van der Waals surface area contributed by atoms with Crippen molar-refractivity contribution < 1.29 is 23.1 Å². The molecular formula is C21H28N6O6S. The summed E-state index contributed by atoms with van der Waals surface area (Å²) in [6.07, 6.45) is 0.415. The minimum atomic E-state index is -3.92. The maximum atomic E-state index is 13.4. The first-order valence-electron chi connectivity index (χ1n) is 10.6. The third-order valence-electron chi connectivity index (χ3n) is 5.05. The molecule has 0 unspecified atom stereocenters. The largest absolute Gasteiger partial charge is 0.464 e. The average Bonchev–Trinajstić information content (AvgIpc) is 3.05. The number of benzene rings is 1. The molecule has 0 spiro atoms. The number of likely N-dealkylation sites (N-methyl/N-ethyl adjacent to an activating group) is 1. The number of carbonyl (C=O) groups is 2. The Kier molecular flexibility index (Phi) is 7.47. The van der Waals surface area contributed by atoms with Gasteiger partial charge in [0.25, 0.3) is 0 Å². The first-order chi connectivity index (χ1) is 16.1. The van der Waals surface area contributed by atoms with Gasteiger partial charge in [0.2, 0.25) is 5.16 Å². The lowest BCUT2D eigenvalue weighted by atomic mass is 10.2. The average molecular weight is 493 g/mol. The van der Waals surface area contributed by atoms with Crippen molar-refractivity contribution >= 4 is 39.2 Å². The van der Waals surface area contributed by atoms with Gasteiger partial charge >= 0.3 is 17.7 Å². The van der Waals surface area contributed by atoms with Crippen molar-refractivity contribution in [1.82, 2.24) is 24.0 Å². The number of aromatic nitrogens is 4. The molecule has 3 N–H and O–H groups in total. The van der Waals surface area contributed by atoms with E-state index in [1.807, 2.05) is 6.07 Å². The summed E-state index contributed by atoms with van der Waals surface area (Å²) in [6.45, 7) is 3.01. The van der Waals surface area contributed by atoms with Gasteiger partial charge in [0, 0.05) is 19.7 Å². The van der Waals surface area contributed by atoms with Crippen LogP contribution in [0.15, 0.2) is 40.3 Å². The summed E-state index contributed by atoms with van der Waals surface area (Å²) in [5.74, 6) is -0.821. The van der Waals surface area contributed by atoms with Gasteiger partial charge in [0.1, 0.15) is 12.1 Å². The maximum absolute atomic E-state index is 13.4. The van der Waals surface area contributed by atoms with E-state index < -0.39 is 27.9 Å². The molecule has 1 amide bonds. The molecule has 0 aliphatic heterocycles. The third-order valence-corrected chi connectivity index (χ3v) is 6.93. The molecule has 184 valence electrons. The van der Waals surface area contributed by atoms with Crippen LogP contribution in [0.5, 0.6) is 0 Å². The fourth-order valence-corrected chi connectivity index (χ4v) is 4.72. The predicted molar refractivity (Wildman–Crippen MR) is 127 cm³/mol. The number of nitrogens with zero attached hydrogens (tertiary/aromatic N) is 5. The first-order valence-corrected chi connectivity index (χ1v) is 12.4. The lowest BCUT2D eigenvalue weighted by Crippen LogP contribution is -2.40. The van der Waals surface area contributed by atoms with Crippen LogP contribution in [0.4, 0.5) is 10.6 Å². The Labute approximate surface area is 196 Å². The van der Waals surface area contributed by atoms with E-state index in [4.69, 9.17) is 10.5 Å². The number of anilines is 1. The quantitative estimate of drug-likeness (QED) is 0.236. The van der Waals surface area contributed by atoms with Crippen molar-refractivity contribution in [3.8, 4) is 0 Å². The zero-order chi connectivity index (χ0) is 25.0. The summed E-state index contributed by atoms with van der Waals surface area (Å²) >= 11 is 0. The molecule has 12 nitrogen and oxygen atoms in total. The molecule has 34 heavy (non-hydrogen) atoms. The summed E-state index contributed by atoms with van der Waals surface area (Å²) in [4.78, 5) is 47.0. The zero-order valence-corrected chi connectivity index (χ0v) is 20.1. The van der Waals surface area contributed by atoms with Gasteiger partial charge in [-0.15, -0.1) is 10.2 Å². The number of hydrogen-bond acceptors (Lipinski definition) is 8. The van der Waals surface area contributed by atoms with Crippen molar-refractivity contribution in [2.24, 2.45) is 0 Å². The van der Waals surface area contributed by atoms with E-state index >= 15 is 0 Å². The zero-order valence-electron chi connectivity index (χ0n) is 19.2. The highest BCUT2D eigenvalue weighted by molar-refractivity contribution is 7.97. The second kappa shape index (κ2) is 10.1. The number of imidazole rings is 1. The number of hydrogen-bond donors (Lipinski definition) is 3. The second-order valence-corrected chi connectivity index (χ2v) is 9.99. The normalized spacial score (nSPS) is 12.0. The lowest BCUT2D eigenvalue weighted by molar-refractivity contribution is -0.141. The smallest absolute Gasteiger partial charge is 0.339 e. The number of carbonyl (C=O) groups excluding carboxylic acids is 2. The Hall–Kier alpha value is -3.58. The Morgan fingerprint density at radius 2 is 1.91 bits per heavy atom. The summed E-state index contributed by atoms with van der Waals surface area (Å²) < 4.78 is 30.1. The van der Waals surface area contributed by atoms with E-state index in [2.05, 4.69) is 9.97 Å². The highest BCUT2D eigenvalue weighted by atomic mass is 32.3.